The number of ether oxygens (including phenoxy) is 1. The van der Waals surface area contributed by atoms with E-state index in [0.717, 1.165) is 0 Å². The van der Waals surface area contributed by atoms with Gasteiger partial charge >= 0.3 is 0 Å². The van der Waals surface area contributed by atoms with Gasteiger partial charge in [0, 0.05) is 6.07 Å². The van der Waals surface area contributed by atoms with Crippen molar-refractivity contribution in [1.29, 1.82) is 5.26 Å². The summed E-state index contributed by atoms with van der Waals surface area (Å²) in [4.78, 5) is 0. The number of nitrogens with zero attached hydrogens (tertiary/aromatic N) is 1. The van der Waals surface area contributed by atoms with Crippen molar-refractivity contribution in [3.05, 3.63) is 39.9 Å². The lowest BCUT2D eigenvalue weighted by Crippen LogP contribution is -2.14. The number of hydrogen-bond acceptors (Lipinski definition) is 2. The van der Waals surface area contributed by atoms with Crippen LogP contribution in [0.5, 0.6) is 5.75 Å². The molecule has 0 aromatic heterocycles. The van der Waals surface area contributed by atoms with Gasteiger partial charge in [0.15, 0.2) is 0 Å². The van der Waals surface area contributed by atoms with Crippen LogP contribution in [0.4, 0.5) is 0 Å². The maximum absolute atomic E-state index is 8.77. The van der Waals surface area contributed by atoms with Crippen LogP contribution in [-0.2, 0) is 0 Å². The van der Waals surface area contributed by atoms with Crippen LogP contribution in [0.2, 0.25) is 5.02 Å². The van der Waals surface area contributed by atoms with Crippen molar-refractivity contribution in [3.63, 3.8) is 0 Å². The predicted octanol–water partition coefficient (Wildman–Crippen LogP) is 4.34. The zero-order valence-corrected chi connectivity index (χ0v) is 11.3. The second-order valence-electron chi connectivity index (χ2n) is 4.20. The number of hydrogen-bond donors (Lipinski definition) is 0. The molecule has 1 unspecified atom stereocenters. The Morgan fingerprint density at radius 1 is 1.35 bits per heavy atom. The molecule has 1 atom stereocenters. The van der Waals surface area contributed by atoms with Crippen molar-refractivity contribution >= 4 is 11.6 Å². The van der Waals surface area contributed by atoms with E-state index in [-0.39, 0.29) is 6.10 Å². The lowest BCUT2D eigenvalue weighted by Gasteiger charge is -2.17. The Balaban J connectivity index is 2.88. The van der Waals surface area contributed by atoms with Gasteiger partial charge in [0.1, 0.15) is 17.9 Å². The number of benzene rings is 1. The van der Waals surface area contributed by atoms with Crippen LogP contribution in [-0.4, -0.2) is 6.10 Å². The third kappa shape index (κ3) is 3.51. The molecular weight excluding hydrogens is 234 g/mol. The van der Waals surface area contributed by atoms with E-state index < -0.39 is 0 Å². The largest absolute Gasteiger partial charge is 0.486 e. The molecule has 0 radical (unpaired) electrons. The maximum atomic E-state index is 8.77. The summed E-state index contributed by atoms with van der Waals surface area (Å²) in [6.45, 7) is 8.15. The minimum Gasteiger partial charge on any atom is -0.486 e. The summed E-state index contributed by atoms with van der Waals surface area (Å²) in [5, 5.41) is 9.19. The van der Waals surface area contributed by atoms with Gasteiger partial charge in [0.25, 0.3) is 0 Å². The Labute approximate surface area is 107 Å². The second kappa shape index (κ2) is 5.75. The number of nitriles is 1. The standard InChI is InChI=1S/C14H16ClNO/c1-9(2)10(3)11(4)17-13-6-5-12(8-16)14(15)7-13/h5-7,11H,1-4H3. The monoisotopic (exact) mass is 249 g/mol. The third-order valence-electron chi connectivity index (χ3n) is 2.77. The lowest BCUT2D eigenvalue weighted by molar-refractivity contribution is 0.256. The van der Waals surface area contributed by atoms with E-state index in [9.17, 15) is 0 Å². The Bertz CT molecular complexity index is 481. The van der Waals surface area contributed by atoms with Crippen molar-refractivity contribution in [3.8, 4) is 11.8 Å². The van der Waals surface area contributed by atoms with Crippen LogP contribution in [0.15, 0.2) is 29.3 Å². The zero-order valence-electron chi connectivity index (χ0n) is 10.5. The van der Waals surface area contributed by atoms with E-state index in [1.54, 1.807) is 18.2 Å². The SMILES string of the molecule is CC(C)=C(C)C(C)Oc1ccc(C#N)c(Cl)c1. The summed E-state index contributed by atoms with van der Waals surface area (Å²) in [5.41, 5.74) is 2.91. The third-order valence-corrected chi connectivity index (χ3v) is 3.09. The molecule has 90 valence electrons. The van der Waals surface area contributed by atoms with E-state index in [1.807, 2.05) is 19.9 Å². The van der Waals surface area contributed by atoms with E-state index in [2.05, 4.69) is 13.8 Å². The Morgan fingerprint density at radius 3 is 2.47 bits per heavy atom. The number of allylic oxidation sites excluding steroid dienone is 1. The molecule has 1 rings (SSSR count). The Hall–Kier alpha value is -1.46. The van der Waals surface area contributed by atoms with Gasteiger partial charge in [-0.2, -0.15) is 5.26 Å². The summed E-state index contributed by atoms with van der Waals surface area (Å²) in [5.74, 6) is 0.683. The Morgan fingerprint density at radius 2 is 2.00 bits per heavy atom. The van der Waals surface area contributed by atoms with E-state index in [4.69, 9.17) is 21.6 Å². The molecule has 0 spiro atoms. The van der Waals surface area contributed by atoms with Crippen molar-refractivity contribution in [2.75, 3.05) is 0 Å². The molecule has 0 saturated carbocycles. The normalized spacial score (nSPS) is 11.5. The van der Waals surface area contributed by atoms with Gasteiger partial charge in [-0.25, -0.2) is 0 Å². The van der Waals surface area contributed by atoms with Crippen LogP contribution < -0.4 is 4.74 Å². The van der Waals surface area contributed by atoms with Crippen molar-refractivity contribution in [2.45, 2.75) is 33.8 Å². The molecule has 0 N–H and O–H groups in total. The highest BCUT2D eigenvalue weighted by molar-refractivity contribution is 6.31. The number of halogens is 1. The first kappa shape index (κ1) is 13.6. The van der Waals surface area contributed by atoms with E-state index in [0.29, 0.717) is 16.3 Å². The fourth-order valence-electron chi connectivity index (χ4n) is 1.36. The molecule has 0 fully saturated rings. The molecule has 2 nitrogen and oxygen atoms in total. The van der Waals surface area contributed by atoms with Crippen LogP contribution in [0.3, 0.4) is 0 Å². The summed E-state index contributed by atoms with van der Waals surface area (Å²) in [6.07, 6.45) is 0.00371. The summed E-state index contributed by atoms with van der Waals surface area (Å²) < 4.78 is 5.77. The van der Waals surface area contributed by atoms with Crippen LogP contribution in [0.25, 0.3) is 0 Å². The highest BCUT2D eigenvalue weighted by Crippen LogP contribution is 2.24. The fourth-order valence-corrected chi connectivity index (χ4v) is 1.57. The molecule has 0 aliphatic carbocycles. The highest BCUT2D eigenvalue weighted by atomic mass is 35.5. The first-order valence-corrected chi connectivity index (χ1v) is 5.83. The predicted molar refractivity (Wildman–Crippen MR) is 70.3 cm³/mol. The van der Waals surface area contributed by atoms with Gasteiger partial charge in [-0.05, 0) is 45.4 Å². The van der Waals surface area contributed by atoms with Crippen LogP contribution in [0, 0.1) is 11.3 Å². The van der Waals surface area contributed by atoms with Gasteiger partial charge in [-0.1, -0.05) is 17.2 Å². The summed E-state index contributed by atoms with van der Waals surface area (Å²) in [7, 11) is 0. The fraction of sp³-hybridized carbons (Fsp3) is 0.357. The molecule has 0 bridgehead atoms. The molecule has 17 heavy (non-hydrogen) atoms. The van der Waals surface area contributed by atoms with Gasteiger partial charge < -0.3 is 4.74 Å². The average molecular weight is 250 g/mol. The molecule has 0 aliphatic heterocycles. The van der Waals surface area contributed by atoms with Gasteiger partial charge in [-0.3, -0.25) is 0 Å². The van der Waals surface area contributed by atoms with E-state index >= 15 is 0 Å². The second-order valence-corrected chi connectivity index (χ2v) is 4.60. The van der Waals surface area contributed by atoms with E-state index in [1.165, 1.54) is 11.1 Å². The highest BCUT2D eigenvalue weighted by Gasteiger charge is 2.09. The molecule has 0 amide bonds. The quantitative estimate of drug-likeness (QED) is 0.747. The topological polar surface area (TPSA) is 33.0 Å². The lowest BCUT2D eigenvalue weighted by atomic mass is 10.1. The van der Waals surface area contributed by atoms with Gasteiger partial charge in [0.05, 0.1) is 10.6 Å². The molecule has 0 heterocycles. The van der Waals surface area contributed by atoms with Crippen LogP contribution >= 0.6 is 11.6 Å². The number of rotatable bonds is 3. The first-order valence-electron chi connectivity index (χ1n) is 5.46. The summed E-state index contributed by atoms with van der Waals surface area (Å²) >= 11 is 5.94. The van der Waals surface area contributed by atoms with Crippen molar-refractivity contribution in [1.82, 2.24) is 0 Å². The smallest absolute Gasteiger partial charge is 0.121 e. The molecule has 0 aliphatic rings. The minimum atomic E-state index is 0.00371. The molecular formula is C14H16ClNO. The molecule has 1 aromatic carbocycles. The van der Waals surface area contributed by atoms with Crippen molar-refractivity contribution in [2.24, 2.45) is 0 Å². The minimum absolute atomic E-state index is 0.00371. The molecule has 1 aromatic rings. The van der Waals surface area contributed by atoms with Crippen LogP contribution in [0.1, 0.15) is 33.3 Å². The first-order chi connectivity index (χ1) is 7.95. The molecule has 3 heteroatoms. The average Bonchev–Trinajstić information content (AvgIpc) is 2.28. The zero-order chi connectivity index (χ0) is 13.0. The Kier molecular flexibility index (Phi) is 4.60. The summed E-state index contributed by atoms with van der Waals surface area (Å²) in [6, 6.07) is 7.13. The maximum Gasteiger partial charge on any atom is 0.121 e. The van der Waals surface area contributed by atoms with Gasteiger partial charge in [0.2, 0.25) is 0 Å². The van der Waals surface area contributed by atoms with Crippen molar-refractivity contribution < 1.29 is 4.74 Å². The molecule has 0 saturated heterocycles. The van der Waals surface area contributed by atoms with Gasteiger partial charge in [-0.15, -0.1) is 0 Å².